The lowest BCUT2D eigenvalue weighted by Crippen LogP contribution is -2.54. The van der Waals surface area contributed by atoms with E-state index >= 15 is 0 Å². The van der Waals surface area contributed by atoms with E-state index in [9.17, 15) is 5.11 Å². The van der Waals surface area contributed by atoms with Crippen LogP contribution in [-0.4, -0.2) is 48.0 Å². The number of aliphatic hydroxyl groups excluding tert-OH is 1. The average Bonchev–Trinajstić information content (AvgIpc) is 2.46. The minimum Gasteiger partial charge on any atom is -0.394 e. The summed E-state index contributed by atoms with van der Waals surface area (Å²) in [5, 5.41) is 12.8. The summed E-state index contributed by atoms with van der Waals surface area (Å²) in [6.45, 7) is 10.8. The molecule has 118 valence electrons. The molecular formula is C16H27N3O2. The van der Waals surface area contributed by atoms with E-state index in [1.165, 1.54) is 5.56 Å². The zero-order valence-corrected chi connectivity index (χ0v) is 13.5. The Morgan fingerprint density at radius 2 is 2.29 bits per heavy atom. The molecule has 2 unspecified atom stereocenters. The molecular weight excluding hydrogens is 266 g/mol. The third kappa shape index (κ3) is 4.15. The molecule has 2 rings (SSSR count). The Morgan fingerprint density at radius 1 is 1.52 bits per heavy atom. The van der Waals surface area contributed by atoms with E-state index in [0.717, 1.165) is 18.9 Å². The molecule has 0 aromatic carbocycles. The second-order valence-electron chi connectivity index (χ2n) is 6.29. The Bertz CT molecular complexity index is 447. The fourth-order valence-electron chi connectivity index (χ4n) is 2.83. The molecule has 5 nitrogen and oxygen atoms in total. The SMILES string of the molecule is CCNC(C)c1ccc(N2CC(CO)OC(C)(C)C2)nc1. The molecule has 0 saturated carbocycles. The fourth-order valence-corrected chi connectivity index (χ4v) is 2.83. The standard InChI is InChI=1S/C16H27N3O2/c1-5-17-12(2)13-6-7-15(18-8-13)19-9-14(10-20)21-16(3,4)11-19/h6-8,12,14,17,20H,5,9-11H2,1-4H3. The van der Waals surface area contributed by atoms with E-state index in [1.54, 1.807) is 0 Å². The number of morpholine rings is 1. The smallest absolute Gasteiger partial charge is 0.128 e. The van der Waals surface area contributed by atoms with Gasteiger partial charge in [0.05, 0.1) is 18.3 Å². The van der Waals surface area contributed by atoms with E-state index in [4.69, 9.17) is 4.74 Å². The molecule has 1 fully saturated rings. The van der Waals surface area contributed by atoms with Crippen molar-refractivity contribution in [2.24, 2.45) is 0 Å². The summed E-state index contributed by atoms with van der Waals surface area (Å²) in [6.07, 6.45) is 1.77. The van der Waals surface area contributed by atoms with Gasteiger partial charge in [0.1, 0.15) is 5.82 Å². The van der Waals surface area contributed by atoms with Crippen molar-refractivity contribution in [2.75, 3.05) is 31.1 Å². The largest absolute Gasteiger partial charge is 0.394 e. The maximum atomic E-state index is 9.38. The van der Waals surface area contributed by atoms with Gasteiger partial charge in [0, 0.05) is 25.3 Å². The minimum atomic E-state index is -0.275. The van der Waals surface area contributed by atoms with Crippen molar-refractivity contribution in [3.63, 3.8) is 0 Å². The molecule has 5 heteroatoms. The van der Waals surface area contributed by atoms with E-state index in [0.29, 0.717) is 12.6 Å². The quantitative estimate of drug-likeness (QED) is 0.866. The summed E-state index contributed by atoms with van der Waals surface area (Å²) in [5.41, 5.74) is 0.912. The molecule has 1 saturated heterocycles. The number of nitrogens with one attached hydrogen (secondary N) is 1. The van der Waals surface area contributed by atoms with Gasteiger partial charge >= 0.3 is 0 Å². The molecule has 1 aliphatic rings. The van der Waals surface area contributed by atoms with Gasteiger partial charge in [0.2, 0.25) is 0 Å². The van der Waals surface area contributed by atoms with Gasteiger partial charge in [0.15, 0.2) is 0 Å². The van der Waals surface area contributed by atoms with Crippen LogP contribution in [-0.2, 0) is 4.74 Å². The molecule has 2 N–H and O–H groups in total. The summed E-state index contributed by atoms with van der Waals surface area (Å²) in [7, 11) is 0. The Hall–Kier alpha value is -1.17. The van der Waals surface area contributed by atoms with E-state index < -0.39 is 0 Å². The molecule has 0 aliphatic carbocycles. The van der Waals surface area contributed by atoms with Crippen LogP contribution < -0.4 is 10.2 Å². The van der Waals surface area contributed by atoms with Crippen molar-refractivity contribution in [2.45, 2.75) is 45.4 Å². The summed E-state index contributed by atoms with van der Waals surface area (Å²) in [5.74, 6) is 0.942. The summed E-state index contributed by atoms with van der Waals surface area (Å²) >= 11 is 0. The Balaban J connectivity index is 2.10. The van der Waals surface area contributed by atoms with Gasteiger partial charge in [-0.1, -0.05) is 13.0 Å². The number of pyridine rings is 1. The number of anilines is 1. The summed E-state index contributed by atoms with van der Waals surface area (Å²) < 4.78 is 5.84. The van der Waals surface area contributed by atoms with Crippen LogP contribution in [0.15, 0.2) is 18.3 Å². The van der Waals surface area contributed by atoms with Crippen LogP contribution in [0, 0.1) is 0 Å². The molecule has 21 heavy (non-hydrogen) atoms. The average molecular weight is 293 g/mol. The van der Waals surface area contributed by atoms with Gasteiger partial charge in [-0.3, -0.25) is 0 Å². The lowest BCUT2D eigenvalue weighted by atomic mass is 10.0. The topological polar surface area (TPSA) is 57.6 Å². The first kappa shape index (κ1) is 16.2. The van der Waals surface area contributed by atoms with Gasteiger partial charge < -0.3 is 20.1 Å². The van der Waals surface area contributed by atoms with Crippen LogP contribution in [0.4, 0.5) is 5.82 Å². The highest BCUT2D eigenvalue weighted by Crippen LogP contribution is 2.25. The minimum absolute atomic E-state index is 0.0372. The second-order valence-corrected chi connectivity index (χ2v) is 6.29. The van der Waals surface area contributed by atoms with Crippen LogP contribution >= 0.6 is 0 Å². The Morgan fingerprint density at radius 3 is 2.86 bits per heavy atom. The van der Waals surface area contributed by atoms with E-state index in [2.05, 4.69) is 41.2 Å². The number of hydrogen-bond donors (Lipinski definition) is 2. The van der Waals surface area contributed by atoms with Crippen LogP contribution in [0.25, 0.3) is 0 Å². The molecule has 0 amide bonds. The van der Waals surface area contributed by atoms with Crippen molar-refractivity contribution in [1.82, 2.24) is 10.3 Å². The first-order valence-electron chi connectivity index (χ1n) is 7.68. The summed E-state index contributed by atoms with van der Waals surface area (Å²) in [6, 6.07) is 4.48. The van der Waals surface area contributed by atoms with Crippen molar-refractivity contribution in [3.05, 3.63) is 23.9 Å². The van der Waals surface area contributed by atoms with E-state index in [-0.39, 0.29) is 18.3 Å². The number of aromatic nitrogens is 1. The highest BCUT2D eigenvalue weighted by atomic mass is 16.5. The molecule has 1 aliphatic heterocycles. The predicted molar refractivity (Wildman–Crippen MR) is 84.6 cm³/mol. The molecule has 1 aromatic heterocycles. The Labute approximate surface area is 127 Å². The zero-order chi connectivity index (χ0) is 15.5. The van der Waals surface area contributed by atoms with Gasteiger partial charge in [-0.05, 0) is 38.9 Å². The van der Waals surface area contributed by atoms with Gasteiger partial charge in [0.25, 0.3) is 0 Å². The van der Waals surface area contributed by atoms with Crippen molar-refractivity contribution < 1.29 is 9.84 Å². The molecule has 2 atom stereocenters. The van der Waals surface area contributed by atoms with Crippen LogP contribution in [0.3, 0.4) is 0 Å². The van der Waals surface area contributed by atoms with Crippen LogP contribution in [0.2, 0.25) is 0 Å². The maximum absolute atomic E-state index is 9.38. The van der Waals surface area contributed by atoms with Crippen LogP contribution in [0.1, 0.15) is 39.3 Å². The number of ether oxygens (including phenoxy) is 1. The molecule has 0 bridgehead atoms. The molecule has 2 heterocycles. The zero-order valence-electron chi connectivity index (χ0n) is 13.5. The van der Waals surface area contributed by atoms with Gasteiger partial charge in [-0.2, -0.15) is 0 Å². The second kappa shape index (κ2) is 6.73. The van der Waals surface area contributed by atoms with Crippen molar-refractivity contribution >= 4 is 5.82 Å². The third-order valence-electron chi connectivity index (χ3n) is 3.79. The normalized spacial score (nSPS) is 23.1. The number of hydrogen-bond acceptors (Lipinski definition) is 5. The first-order chi connectivity index (χ1) is 9.95. The monoisotopic (exact) mass is 293 g/mol. The highest BCUT2D eigenvalue weighted by molar-refractivity contribution is 5.41. The Kier molecular flexibility index (Phi) is 5.19. The lowest BCUT2D eigenvalue weighted by molar-refractivity contribution is -0.101. The maximum Gasteiger partial charge on any atom is 0.128 e. The fraction of sp³-hybridized carbons (Fsp3) is 0.688. The molecule has 0 radical (unpaired) electrons. The van der Waals surface area contributed by atoms with Gasteiger partial charge in [-0.25, -0.2) is 4.98 Å². The number of nitrogens with zero attached hydrogens (tertiary/aromatic N) is 2. The van der Waals surface area contributed by atoms with Crippen molar-refractivity contribution in [3.8, 4) is 0 Å². The predicted octanol–water partition coefficient (Wildman–Crippen LogP) is 1.73. The molecule has 1 aromatic rings. The molecule has 0 spiro atoms. The number of rotatable bonds is 5. The highest BCUT2D eigenvalue weighted by Gasteiger charge is 2.33. The van der Waals surface area contributed by atoms with E-state index in [1.807, 2.05) is 20.0 Å². The lowest BCUT2D eigenvalue weighted by Gasteiger charge is -2.42. The summed E-state index contributed by atoms with van der Waals surface area (Å²) in [4.78, 5) is 6.78. The first-order valence-corrected chi connectivity index (χ1v) is 7.68. The van der Waals surface area contributed by atoms with Crippen LogP contribution in [0.5, 0.6) is 0 Å². The van der Waals surface area contributed by atoms with Crippen molar-refractivity contribution in [1.29, 1.82) is 0 Å². The van der Waals surface area contributed by atoms with Gasteiger partial charge in [-0.15, -0.1) is 0 Å². The third-order valence-corrected chi connectivity index (χ3v) is 3.79. The number of aliphatic hydroxyl groups is 1.